The van der Waals surface area contributed by atoms with Gasteiger partial charge in [-0.25, -0.2) is 0 Å². The number of hydrogen-bond donors (Lipinski definition) is 1. The summed E-state index contributed by atoms with van der Waals surface area (Å²) in [6.45, 7) is 0.379. The average molecular weight is 270 g/mol. The first-order valence-corrected chi connectivity index (χ1v) is 5.98. The normalized spacial score (nSPS) is 15.8. The highest BCUT2D eigenvalue weighted by Gasteiger charge is 2.23. The Morgan fingerprint density at radius 3 is 2.78 bits per heavy atom. The van der Waals surface area contributed by atoms with Crippen LogP contribution in [0.2, 0.25) is 0 Å². The van der Waals surface area contributed by atoms with E-state index < -0.39 is 0 Å². The van der Waals surface area contributed by atoms with E-state index in [1.165, 1.54) is 25.7 Å². The molecule has 2 aromatic rings. The minimum atomic E-state index is 0. The average Bonchev–Trinajstić information content (AvgIpc) is 3.09. The van der Waals surface area contributed by atoms with Crippen LogP contribution < -0.4 is 5.73 Å². The zero-order valence-corrected chi connectivity index (χ0v) is 10.8. The van der Waals surface area contributed by atoms with Crippen LogP contribution in [0.4, 0.5) is 0 Å². The SMILES string of the molecule is Cl.NCc1cc(-c2nc(C3CCCC3)no2)co1. The molecule has 0 radical (unpaired) electrons. The molecule has 0 spiro atoms. The Balaban J connectivity index is 0.00000120. The van der Waals surface area contributed by atoms with Crippen molar-refractivity contribution < 1.29 is 8.94 Å². The lowest BCUT2D eigenvalue weighted by molar-refractivity contribution is 0.415. The van der Waals surface area contributed by atoms with Crippen molar-refractivity contribution in [2.75, 3.05) is 0 Å². The largest absolute Gasteiger partial charge is 0.467 e. The van der Waals surface area contributed by atoms with Gasteiger partial charge >= 0.3 is 0 Å². The molecule has 2 aromatic heterocycles. The van der Waals surface area contributed by atoms with E-state index in [1.54, 1.807) is 6.26 Å². The Morgan fingerprint density at radius 2 is 2.11 bits per heavy atom. The molecule has 0 bridgehead atoms. The van der Waals surface area contributed by atoms with E-state index in [-0.39, 0.29) is 12.4 Å². The van der Waals surface area contributed by atoms with Crippen molar-refractivity contribution in [3.8, 4) is 11.5 Å². The maximum absolute atomic E-state index is 5.49. The van der Waals surface area contributed by atoms with Gasteiger partial charge in [0.2, 0.25) is 0 Å². The quantitative estimate of drug-likeness (QED) is 0.927. The van der Waals surface area contributed by atoms with Crippen molar-refractivity contribution >= 4 is 12.4 Å². The van der Waals surface area contributed by atoms with Crippen LogP contribution in [0.15, 0.2) is 21.3 Å². The van der Waals surface area contributed by atoms with Crippen LogP contribution in [0.1, 0.15) is 43.2 Å². The van der Waals surface area contributed by atoms with Gasteiger partial charge in [0.25, 0.3) is 5.89 Å². The fourth-order valence-corrected chi connectivity index (χ4v) is 2.30. The third-order valence-corrected chi connectivity index (χ3v) is 3.26. The molecular formula is C12H16ClN3O2. The first-order valence-electron chi connectivity index (χ1n) is 5.98. The standard InChI is InChI=1S/C12H15N3O2.ClH/c13-6-10-5-9(7-16-10)12-14-11(15-17-12)8-3-1-2-4-8;/h5,7-8H,1-4,6,13H2;1H. The lowest BCUT2D eigenvalue weighted by atomic mass is 10.1. The molecular weight excluding hydrogens is 254 g/mol. The molecule has 3 rings (SSSR count). The van der Waals surface area contributed by atoms with Gasteiger partial charge in [0.1, 0.15) is 12.0 Å². The number of halogens is 1. The second-order valence-electron chi connectivity index (χ2n) is 4.44. The molecule has 98 valence electrons. The first-order chi connectivity index (χ1) is 8.36. The zero-order chi connectivity index (χ0) is 11.7. The van der Waals surface area contributed by atoms with Crippen LogP contribution in [0.5, 0.6) is 0 Å². The second kappa shape index (κ2) is 5.54. The van der Waals surface area contributed by atoms with Gasteiger partial charge in [-0.15, -0.1) is 12.4 Å². The molecule has 18 heavy (non-hydrogen) atoms. The molecule has 1 saturated carbocycles. The van der Waals surface area contributed by atoms with Crippen LogP contribution in [0, 0.1) is 0 Å². The lowest BCUT2D eigenvalue weighted by Gasteiger charge is -1.99. The van der Waals surface area contributed by atoms with E-state index in [9.17, 15) is 0 Å². The van der Waals surface area contributed by atoms with Crippen LogP contribution in [0.3, 0.4) is 0 Å². The molecule has 0 aliphatic heterocycles. The van der Waals surface area contributed by atoms with Gasteiger partial charge in [-0.1, -0.05) is 18.0 Å². The molecule has 1 aliphatic rings. The Hall–Kier alpha value is -1.33. The molecule has 6 heteroatoms. The minimum absolute atomic E-state index is 0. The summed E-state index contributed by atoms with van der Waals surface area (Å²) in [4.78, 5) is 4.43. The van der Waals surface area contributed by atoms with E-state index in [1.807, 2.05) is 6.07 Å². The summed E-state index contributed by atoms with van der Waals surface area (Å²) in [5.41, 5.74) is 6.29. The molecule has 2 N–H and O–H groups in total. The fraction of sp³-hybridized carbons (Fsp3) is 0.500. The minimum Gasteiger partial charge on any atom is -0.467 e. The van der Waals surface area contributed by atoms with Gasteiger partial charge in [0.15, 0.2) is 5.82 Å². The third-order valence-electron chi connectivity index (χ3n) is 3.26. The van der Waals surface area contributed by atoms with Crippen LogP contribution >= 0.6 is 12.4 Å². The summed E-state index contributed by atoms with van der Waals surface area (Å²) in [7, 11) is 0. The first kappa shape index (κ1) is 13.1. The maximum Gasteiger partial charge on any atom is 0.261 e. The third kappa shape index (κ3) is 2.42. The predicted octanol–water partition coefficient (Wildman–Crippen LogP) is 2.87. The van der Waals surface area contributed by atoms with Crippen LogP contribution in [-0.4, -0.2) is 10.1 Å². The molecule has 5 nitrogen and oxygen atoms in total. The number of aromatic nitrogens is 2. The molecule has 0 aromatic carbocycles. The number of nitrogens with two attached hydrogens (primary N) is 1. The van der Waals surface area contributed by atoms with Crippen molar-refractivity contribution in [2.45, 2.75) is 38.1 Å². The second-order valence-corrected chi connectivity index (χ2v) is 4.44. The van der Waals surface area contributed by atoms with Crippen LogP contribution in [0.25, 0.3) is 11.5 Å². The maximum atomic E-state index is 5.49. The highest BCUT2D eigenvalue weighted by molar-refractivity contribution is 5.85. The van der Waals surface area contributed by atoms with Gasteiger partial charge < -0.3 is 14.7 Å². The van der Waals surface area contributed by atoms with E-state index in [0.29, 0.717) is 18.4 Å². The number of hydrogen-bond acceptors (Lipinski definition) is 5. The Bertz CT molecular complexity index is 503. The number of rotatable bonds is 3. The molecule has 0 saturated heterocycles. The summed E-state index contributed by atoms with van der Waals surface area (Å²) in [6, 6.07) is 1.84. The highest BCUT2D eigenvalue weighted by atomic mass is 35.5. The molecule has 1 fully saturated rings. The number of furan rings is 1. The number of nitrogens with zero attached hydrogens (tertiary/aromatic N) is 2. The predicted molar refractivity (Wildman–Crippen MR) is 68.3 cm³/mol. The molecule has 0 atom stereocenters. The Kier molecular flexibility index (Phi) is 4.04. The summed E-state index contributed by atoms with van der Waals surface area (Å²) in [5.74, 6) is 2.54. The van der Waals surface area contributed by atoms with Crippen molar-refractivity contribution in [3.05, 3.63) is 23.9 Å². The highest BCUT2D eigenvalue weighted by Crippen LogP contribution is 2.33. The summed E-state index contributed by atoms with van der Waals surface area (Å²) in [5, 5.41) is 4.05. The molecule has 0 amide bonds. The summed E-state index contributed by atoms with van der Waals surface area (Å²) < 4.78 is 10.5. The monoisotopic (exact) mass is 269 g/mol. The van der Waals surface area contributed by atoms with Crippen molar-refractivity contribution in [3.63, 3.8) is 0 Å². The van der Waals surface area contributed by atoms with Gasteiger partial charge in [-0.3, -0.25) is 0 Å². The van der Waals surface area contributed by atoms with E-state index in [0.717, 1.165) is 17.1 Å². The fourth-order valence-electron chi connectivity index (χ4n) is 2.30. The van der Waals surface area contributed by atoms with E-state index in [2.05, 4.69) is 10.1 Å². The topological polar surface area (TPSA) is 78.1 Å². The van der Waals surface area contributed by atoms with Crippen LogP contribution in [-0.2, 0) is 6.54 Å². The van der Waals surface area contributed by atoms with Crippen molar-refractivity contribution in [1.82, 2.24) is 10.1 Å². The van der Waals surface area contributed by atoms with Gasteiger partial charge in [0, 0.05) is 5.92 Å². The Morgan fingerprint density at radius 1 is 1.33 bits per heavy atom. The Labute approximate surface area is 111 Å². The van der Waals surface area contributed by atoms with Crippen molar-refractivity contribution in [2.24, 2.45) is 5.73 Å². The van der Waals surface area contributed by atoms with E-state index in [4.69, 9.17) is 14.7 Å². The van der Waals surface area contributed by atoms with Gasteiger partial charge in [0.05, 0.1) is 12.1 Å². The molecule has 1 aliphatic carbocycles. The van der Waals surface area contributed by atoms with E-state index >= 15 is 0 Å². The summed E-state index contributed by atoms with van der Waals surface area (Å²) >= 11 is 0. The summed E-state index contributed by atoms with van der Waals surface area (Å²) in [6.07, 6.45) is 6.46. The van der Waals surface area contributed by atoms with Crippen molar-refractivity contribution in [1.29, 1.82) is 0 Å². The zero-order valence-electron chi connectivity index (χ0n) is 9.96. The van der Waals surface area contributed by atoms with Gasteiger partial charge in [-0.2, -0.15) is 4.98 Å². The lowest BCUT2D eigenvalue weighted by Crippen LogP contribution is -1.94. The molecule has 2 heterocycles. The molecule has 0 unspecified atom stereocenters. The van der Waals surface area contributed by atoms with Gasteiger partial charge in [-0.05, 0) is 18.9 Å². The smallest absolute Gasteiger partial charge is 0.261 e.